The van der Waals surface area contributed by atoms with Gasteiger partial charge >= 0.3 is 5.97 Å². The van der Waals surface area contributed by atoms with E-state index in [2.05, 4.69) is 34.5 Å². The number of halogens is 1. The standard InChI is InChI=1S/C22H25ClN2O3/c23-18-15-20-17(14-21(18)26)10-9-16-6-1-2-7-19(16)25(20)13-4-3-11-24-12-5-8-22(27)28/h1-2,5-8,10,15,24,26H,3-4,9,11-14H2,(H,27,28)/b8-5+. The van der Waals surface area contributed by atoms with Crippen LogP contribution < -0.4 is 10.2 Å². The third-order valence-electron chi connectivity index (χ3n) is 4.88. The summed E-state index contributed by atoms with van der Waals surface area (Å²) in [7, 11) is 0. The number of hydrogen-bond acceptors (Lipinski definition) is 4. The minimum absolute atomic E-state index is 0.223. The number of aliphatic hydroxyl groups is 1. The molecule has 0 radical (unpaired) electrons. The van der Waals surface area contributed by atoms with Gasteiger partial charge in [0.2, 0.25) is 0 Å². The first kappa shape index (κ1) is 20.2. The van der Waals surface area contributed by atoms with Crippen LogP contribution in [0.1, 0.15) is 24.8 Å². The van der Waals surface area contributed by atoms with Crippen LogP contribution >= 0.6 is 11.6 Å². The number of carboxylic acid groups (broad SMARTS) is 1. The van der Waals surface area contributed by atoms with Crippen molar-refractivity contribution in [2.45, 2.75) is 25.7 Å². The molecule has 0 spiro atoms. The van der Waals surface area contributed by atoms with Crippen LogP contribution in [0.5, 0.6) is 0 Å². The van der Waals surface area contributed by atoms with Gasteiger partial charge in [-0.2, -0.15) is 0 Å². The average Bonchev–Trinajstić information content (AvgIpc) is 2.81. The normalized spacial score (nSPS) is 16.4. The molecular weight excluding hydrogens is 376 g/mol. The predicted molar refractivity (Wildman–Crippen MR) is 113 cm³/mol. The summed E-state index contributed by atoms with van der Waals surface area (Å²) in [6.07, 6.45) is 10.1. The molecule has 1 aliphatic carbocycles. The Morgan fingerprint density at radius 1 is 1.29 bits per heavy atom. The number of benzene rings is 1. The Bertz CT molecular complexity index is 855. The van der Waals surface area contributed by atoms with Crippen LogP contribution in [-0.4, -0.2) is 35.8 Å². The average molecular weight is 401 g/mol. The van der Waals surface area contributed by atoms with E-state index < -0.39 is 5.97 Å². The van der Waals surface area contributed by atoms with Crippen LogP contribution in [0.15, 0.2) is 70.6 Å². The van der Waals surface area contributed by atoms with Crippen LogP contribution in [0.3, 0.4) is 0 Å². The first-order chi connectivity index (χ1) is 13.6. The number of allylic oxidation sites excluding steroid dienone is 5. The first-order valence-electron chi connectivity index (χ1n) is 9.50. The van der Waals surface area contributed by atoms with Crippen molar-refractivity contribution in [2.75, 3.05) is 24.5 Å². The second-order valence-corrected chi connectivity index (χ2v) is 7.27. The molecule has 0 saturated heterocycles. The number of anilines is 1. The van der Waals surface area contributed by atoms with Crippen molar-refractivity contribution >= 4 is 23.3 Å². The van der Waals surface area contributed by atoms with Gasteiger partial charge in [-0.25, -0.2) is 4.79 Å². The van der Waals surface area contributed by atoms with E-state index in [4.69, 9.17) is 16.7 Å². The second kappa shape index (κ2) is 9.62. The quantitative estimate of drug-likeness (QED) is 0.448. The number of hydrogen-bond donors (Lipinski definition) is 3. The summed E-state index contributed by atoms with van der Waals surface area (Å²) < 4.78 is 0. The van der Waals surface area contributed by atoms with Gasteiger partial charge < -0.3 is 20.4 Å². The van der Waals surface area contributed by atoms with Gasteiger partial charge in [0, 0.05) is 37.0 Å². The van der Waals surface area contributed by atoms with Gasteiger partial charge in [0.15, 0.2) is 0 Å². The molecule has 1 aromatic rings. The summed E-state index contributed by atoms with van der Waals surface area (Å²) >= 11 is 6.23. The molecule has 0 amide bonds. The Kier molecular flexibility index (Phi) is 6.95. The largest absolute Gasteiger partial charge is 0.510 e. The van der Waals surface area contributed by atoms with Gasteiger partial charge in [0.1, 0.15) is 5.76 Å². The molecule has 148 valence electrons. The lowest BCUT2D eigenvalue weighted by atomic mass is 10.0. The highest BCUT2D eigenvalue weighted by molar-refractivity contribution is 6.31. The smallest absolute Gasteiger partial charge is 0.328 e. The lowest BCUT2D eigenvalue weighted by Gasteiger charge is -2.31. The number of carboxylic acids is 1. The van der Waals surface area contributed by atoms with Gasteiger partial charge in [-0.05, 0) is 49.1 Å². The van der Waals surface area contributed by atoms with E-state index >= 15 is 0 Å². The Balaban J connectivity index is 1.66. The number of nitrogens with zero attached hydrogens (tertiary/aromatic N) is 1. The zero-order chi connectivity index (χ0) is 19.9. The molecular formula is C22H25ClN2O3. The van der Waals surface area contributed by atoms with Crippen LogP contribution in [0, 0.1) is 0 Å². The van der Waals surface area contributed by atoms with Crippen LogP contribution in [0.25, 0.3) is 0 Å². The van der Waals surface area contributed by atoms with E-state index in [1.165, 1.54) is 11.3 Å². The van der Waals surface area contributed by atoms with Crippen molar-refractivity contribution in [3.05, 3.63) is 76.2 Å². The summed E-state index contributed by atoms with van der Waals surface area (Å²) in [5.41, 5.74) is 4.61. The minimum atomic E-state index is -0.926. The van der Waals surface area contributed by atoms with Crippen molar-refractivity contribution in [1.29, 1.82) is 0 Å². The number of fused-ring (bicyclic) bond motifs is 2. The number of aliphatic carboxylic acids is 1. The maximum absolute atomic E-state index is 10.4. The fraction of sp³-hybridized carbons (Fsp3) is 0.318. The molecule has 1 heterocycles. The highest BCUT2D eigenvalue weighted by atomic mass is 35.5. The Labute approximate surface area is 170 Å². The molecule has 2 aliphatic rings. The third kappa shape index (κ3) is 5.06. The summed E-state index contributed by atoms with van der Waals surface area (Å²) in [6, 6.07) is 8.37. The number of para-hydroxylation sites is 1. The van der Waals surface area contributed by atoms with E-state index in [0.29, 0.717) is 18.0 Å². The van der Waals surface area contributed by atoms with Crippen molar-refractivity contribution in [2.24, 2.45) is 0 Å². The zero-order valence-electron chi connectivity index (χ0n) is 15.7. The molecule has 28 heavy (non-hydrogen) atoms. The molecule has 1 aromatic carbocycles. The number of unbranched alkanes of at least 4 members (excludes halogenated alkanes) is 1. The highest BCUT2D eigenvalue weighted by Crippen LogP contribution is 2.38. The molecule has 3 N–H and O–H groups in total. The molecule has 6 heteroatoms. The third-order valence-corrected chi connectivity index (χ3v) is 5.20. The molecule has 1 aliphatic heterocycles. The Morgan fingerprint density at radius 2 is 2.11 bits per heavy atom. The summed E-state index contributed by atoms with van der Waals surface area (Å²) in [5, 5.41) is 22.3. The van der Waals surface area contributed by atoms with E-state index in [9.17, 15) is 9.90 Å². The second-order valence-electron chi connectivity index (χ2n) is 6.87. The molecule has 0 fully saturated rings. The number of carbonyl (C=O) groups is 1. The number of aliphatic hydroxyl groups excluding tert-OH is 1. The van der Waals surface area contributed by atoms with Crippen LogP contribution in [0.2, 0.25) is 0 Å². The molecule has 3 rings (SSSR count). The molecule has 0 bridgehead atoms. The summed E-state index contributed by atoms with van der Waals surface area (Å²) in [6.45, 7) is 2.22. The van der Waals surface area contributed by atoms with Crippen LogP contribution in [-0.2, 0) is 11.2 Å². The maximum atomic E-state index is 10.4. The molecule has 0 aromatic heterocycles. The lowest BCUT2D eigenvalue weighted by Crippen LogP contribution is -2.27. The van der Waals surface area contributed by atoms with Crippen LogP contribution in [0.4, 0.5) is 5.69 Å². The molecule has 0 atom stereocenters. The number of rotatable bonds is 8. The first-order valence-corrected chi connectivity index (χ1v) is 9.88. The summed E-state index contributed by atoms with van der Waals surface area (Å²) in [4.78, 5) is 12.7. The fourth-order valence-electron chi connectivity index (χ4n) is 3.50. The van der Waals surface area contributed by atoms with E-state index in [1.807, 2.05) is 12.1 Å². The predicted octanol–water partition coefficient (Wildman–Crippen LogP) is 4.28. The minimum Gasteiger partial charge on any atom is -0.510 e. The van der Waals surface area contributed by atoms with Crippen molar-refractivity contribution < 1.29 is 15.0 Å². The van der Waals surface area contributed by atoms with E-state index in [0.717, 1.165) is 49.7 Å². The van der Waals surface area contributed by atoms with Crippen molar-refractivity contribution in [3.63, 3.8) is 0 Å². The maximum Gasteiger partial charge on any atom is 0.328 e. The fourth-order valence-corrected chi connectivity index (χ4v) is 3.67. The molecule has 0 unspecified atom stereocenters. The molecule has 5 nitrogen and oxygen atoms in total. The highest BCUT2D eigenvalue weighted by Gasteiger charge is 2.25. The Hall–Kier alpha value is -2.50. The van der Waals surface area contributed by atoms with Gasteiger partial charge in [-0.1, -0.05) is 42.0 Å². The number of nitrogens with one attached hydrogen (secondary N) is 1. The summed E-state index contributed by atoms with van der Waals surface area (Å²) in [5.74, 6) is -0.703. The monoisotopic (exact) mass is 400 g/mol. The lowest BCUT2D eigenvalue weighted by molar-refractivity contribution is -0.131. The van der Waals surface area contributed by atoms with Gasteiger partial charge in [-0.15, -0.1) is 0 Å². The zero-order valence-corrected chi connectivity index (χ0v) is 16.5. The molecule has 0 saturated carbocycles. The van der Waals surface area contributed by atoms with Crippen molar-refractivity contribution in [1.82, 2.24) is 5.32 Å². The van der Waals surface area contributed by atoms with E-state index in [1.54, 1.807) is 6.08 Å². The van der Waals surface area contributed by atoms with Gasteiger partial charge in [-0.3, -0.25) is 0 Å². The SMILES string of the molecule is O=C(O)/C=C/CNCCCCN1C2=CC(Cl)=C(O)CC2=CCc2ccccc21. The van der Waals surface area contributed by atoms with E-state index in [-0.39, 0.29) is 5.76 Å². The topological polar surface area (TPSA) is 72.8 Å². The van der Waals surface area contributed by atoms with Gasteiger partial charge in [0.05, 0.1) is 5.03 Å². The Morgan fingerprint density at radius 3 is 2.93 bits per heavy atom. The van der Waals surface area contributed by atoms with Gasteiger partial charge in [0.25, 0.3) is 0 Å². The van der Waals surface area contributed by atoms with Crippen molar-refractivity contribution in [3.8, 4) is 0 Å².